The smallest absolute Gasteiger partial charge is 0.265 e. The van der Waals surface area contributed by atoms with Crippen LogP contribution in [0.15, 0.2) is 30.3 Å². The Morgan fingerprint density at radius 3 is 2.59 bits per heavy atom. The molecule has 12 heteroatoms. The maximum atomic E-state index is 14.1. The van der Waals surface area contributed by atoms with Crippen molar-refractivity contribution in [3.05, 3.63) is 45.1 Å². The van der Waals surface area contributed by atoms with E-state index >= 15 is 0 Å². The number of anilines is 2. The predicted molar refractivity (Wildman–Crippen MR) is 146 cm³/mol. The van der Waals surface area contributed by atoms with Gasteiger partial charge in [0.2, 0.25) is 5.91 Å². The molecule has 2 N–H and O–H groups in total. The van der Waals surface area contributed by atoms with Crippen LogP contribution in [0.2, 0.25) is 4.34 Å². The molecule has 2 aliphatic carbocycles. The average Bonchev–Trinajstić information content (AvgIpc) is 3.64. The quantitative estimate of drug-likeness (QED) is 0.402. The molecule has 3 fully saturated rings. The second-order valence-electron chi connectivity index (χ2n) is 10.2. The second kappa shape index (κ2) is 12.3. The van der Waals surface area contributed by atoms with E-state index in [0.29, 0.717) is 27.4 Å². The van der Waals surface area contributed by atoms with Gasteiger partial charge in [0.1, 0.15) is 12.6 Å². The number of benzene rings is 1. The summed E-state index contributed by atoms with van der Waals surface area (Å²) in [6.07, 6.45) is 2.38. The molecule has 0 spiro atoms. The van der Waals surface area contributed by atoms with Crippen molar-refractivity contribution in [3.8, 4) is 0 Å². The first-order valence-corrected chi connectivity index (χ1v) is 14.4. The van der Waals surface area contributed by atoms with Crippen LogP contribution in [-0.2, 0) is 14.3 Å². The van der Waals surface area contributed by atoms with Crippen molar-refractivity contribution in [2.24, 2.45) is 5.92 Å². The molecule has 2 aromatic rings. The molecule has 1 aliphatic heterocycles. The number of ether oxygens (including phenoxy) is 1. The van der Waals surface area contributed by atoms with Gasteiger partial charge in [-0.15, -0.1) is 11.3 Å². The zero-order valence-corrected chi connectivity index (χ0v) is 22.9. The monoisotopic (exact) mass is 580 g/mol. The van der Waals surface area contributed by atoms with Gasteiger partial charge in [-0.2, -0.15) is 0 Å². The minimum absolute atomic E-state index is 0.0137. The molecule has 2 saturated carbocycles. The maximum absolute atomic E-state index is 14.1. The van der Waals surface area contributed by atoms with Gasteiger partial charge in [0.25, 0.3) is 18.2 Å². The van der Waals surface area contributed by atoms with E-state index in [1.807, 2.05) is 0 Å². The summed E-state index contributed by atoms with van der Waals surface area (Å²) in [6.45, 7) is 1.24. The molecule has 0 unspecified atom stereocenters. The molecule has 0 radical (unpaired) electrons. The first-order chi connectivity index (χ1) is 18.8. The Balaban J connectivity index is 1.36. The average molecular weight is 581 g/mol. The highest BCUT2D eigenvalue weighted by Gasteiger charge is 2.40. The summed E-state index contributed by atoms with van der Waals surface area (Å²) in [7, 11) is 0. The second-order valence-corrected chi connectivity index (χ2v) is 11.9. The molecular weight excluding hydrogens is 550 g/mol. The standard InChI is InChI=1S/C27H31ClF2N4O4S/c28-23-9-8-22(39-23)27(37)31-13-21(34(17-4-5-17)14-16-2-1-3-16)26(36)32-20-7-6-18(12-19(20)25(29)30)33-10-11-38-15-24(33)35/h6-9,12,16-17,21,25H,1-5,10-11,13-15H2,(H,31,37)(H,32,36)/t21-/m0/s1. The molecule has 39 heavy (non-hydrogen) atoms. The van der Waals surface area contributed by atoms with Crippen LogP contribution in [0.1, 0.15) is 53.8 Å². The maximum Gasteiger partial charge on any atom is 0.265 e. The Bertz CT molecular complexity index is 1220. The van der Waals surface area contributed by atoms with Gasteiger partial charge in [-0.1, -0.05) is 18.0 Å². The van der Waals surface area contributed by atoms with Crippen LogP contribution >= 0.6 is 22.9 Å². The Hall–Kier alpha value is -2.60. The van der Waals surface area contributed by atoms with Crippen molar-refractivity contribution in [3.63, 3.8) is 0 Å². The number of hydrogen-bond donors (Lipinski definition) is 2. The molecule has 1 saturated heterocycles. The summed E-state index contributed by atoms with van der Waals surface area (Å²) in [5.41, 5.74) is -0.0482. The van der Waals surface area contributed by atoms with Crippen molar-refractivity contribution < 1.29 is 27.9 Å². The van der Waals surface area contributed by atoms with E-state index < -0.39 is 18.4 Å². The van der Waals surface area contributed by atoms with Gasteiger partial charge in [-0.25, -0.2) is 8.78 Å². The van der Waals surface area contributed by atoms with Crippen LogP contribution in [0.5, 0.6) is 0 Å². The Kier molecular flexibility index (Phi) is 8.80. The summed E-state index contributed by atoms with van der Waals surface area (Å²) < 4.78 is 33.9. The van der Waals surface area contributed by atoms with Crippen molar-refractivity contribution in [2.45, 2.75) is 50.6 Å². The van der Waals surface area contributed by atoms with E-state index in [4.69, 9.17) is 16.3 Å². The first-order valence-electron chi connectivity index (χ1n) is 13.2. The number of rotatable bonds is 11. The fraction of sp³-hybridized carbons (Fsp3) is 0.519. The van der Waals surface area contributed by atoms with E-state index in [0.717, 1.165) is 50.0 Å². The Morgan fingerprint density at radius 2 is 1.97 bits per heavy atom. The van der Waals surface area contributed by atoms with Crippen LogP contribution < -0.4 is 15.5 Å². The summed E-state index contributed by atoms with van der Waals surface area (Å²) in [4.78, 5) is 42.6. The third kappa shape index (κ3) is 6.77. The lowest BCUT2D eigenvalue weighted by Gasteiger charge is -2.37. The molecule has 2 heterocycles. The van der Waals surface area contributed by atoms with Crippen molar-refractivity contribution >= 4 is 52.0 Å². The van der Waals surface area contributed by atoms with Gasteiger partial charge in [-0.3, -0.25) is 19.3 Å². The minimum Gasteiger partial charge on any atom is -0.370 e. The molecule has 1 aromatic heterocycles. The van der Waals surface area contributed by atoms with Crippen LogP contribution in [0, 0.1) is 5.92 Å². The molecule has 5 rings (SSSR count). The van der Waals surface area contributed by atoms with Gasteiger partial charge in [-0.05, 0) is 61.9 Å². The number of nitrogens with zero attached hydrogens (tertiary/aromatic N) is 2. The predicted octanol–water partition coefficient (Wildman–Crippen LogP) is 4.70. The van der Waals surface area contributed by atoms with Crippen molar-refractivity contribution in [1.82, 2.24) is 10.2 Å². The summed E-state index contributed by atoms with van der Waals surface area (Å²) in [6, 6.07) is 6.96. The van der Waals surface area contributed by atoms with Gasteiger partial charge in [0, 0.05) is 42.6 Å². The number of carbonyl (C=O) groups is 3. The lowest BCUT2D eigenvalue weighted by molar-refractivity contribution is -0.125. The summed E-state index contributed by atoms with van der Waals surface area (Å²) >= 11 is 7.12. The lowest BCUT2D eigenvalue weighted by Crippen LogP contribution is -2.53. The van der Waals surface area contributed by atoms with Crippen LogP contribution in [0.4, 0.5) is 20.2 Å². The summed E-state index contributed by atoms with van der Waals surface area (Å²) in [5.74, 6) is -0.619. The van der Waals surface area contributed by atoms with Crippen molar-refractivity contribution in [2.75, 3.05) is 43.1 Å². The number of morpholine rings is 1. The van der Waals surface area contributed by atoms with Crippen molar-refractivity contribution in [1.29, 1.82) is 0 Å². The molecule has 1 aromatic carbocycles. The van der Waals surface area contributed by atoms with Gasteiger partial charge < -0.3 is 20.3 Å². The number of nitrogens with one attached hydrogen (secondary N) is 2. The zero-order valence-electron chi connectivity index (χ0n) is 21.3. The molecule has 210 valence electrons. The zero-order chi connectivity index (χ0) is 27.5. The van der Waals surface area contributed by atoms with Gasteiger partial charge >= 0.3 is 0 Å². The number of alkyl halides is 2. The fourth-order valence-electron chi connectivity index (χ4n) is 5.00. The normalized spacial score (nSPS) is 18.8. The molecule has 0 bridgehead atoms. The number of thiophene rings is 1. The van der Waals surface area contributed by atoms with Crippen LogP contribution in [-0.4, -0.2) is 67.6 Å². The molecule has 1 atom stereocenters. The van der Waals surface area contributed by atoms with E-state index in [9.17, 15) is 23.2 Å². The first kappa shape index (κ1) is 27.9. The topological polar surface area (TPSA) is 91.0 Å². The lowest BCUT2D eigenvalue weighted by atomic mass is 9.84. The molecule has 8 nitrogen and oxygen atoms in total. The molecule has 3 aliphatic rings. The number of amides is 3. The number of halogens is 3. The fourth-order valence-corrected chi connectivity index (χ4v) is 5.96. The largest absolute Gasteiger partial charge is 0.370 e. The third-order valence-electron chi connectivity index (χ3n) is 7.49. The molecular formula is C27H31ClF2N4O4S. The van der Waals surface area contributed by atoms with E-state index in [1.54, 1.807) is 18.2 Å². The SMILES string of the molecule is O=C(NC[C@@H](C(=O)Nc1ccc(N2CCOCC2=O)cc1C(F)F)N(CC1CCC1)C1CC1)c1ccc(Cl)s1. The Labute approximate surface area is 234 Å². The van der Waals surface area contributed by atoms with E-state index in [2.05, 4.69) is 15.5 Å². The number of hydrogen-bond acceptors (Lipinski definition) is 6. The van der Waals surface area contributed by atoms with E-state index in [1.165, 1.54) is 17.0 Å². The Morgan fingerprint density at radius 1 is 1.18 bits per heavy atom. The number of carbonyl (C=O) groups excluding carboxylic acids is 3. The summed E-state index contributed by atoms with van der Waals surface area (Å²) in [5, 5.41) is 5.57. The highest BCUT2D eigenvalue weighted by atomic mass is 35.5. The highest BCUT2D eigenvalue weighted by molar-refractivity contribution is 7.18. The third-order valence-corrected chi connectivity index (χ3v) is 8.72. The molecule has 3 amide bonds. The minimum atomic E-state index is -2.87. The van der Waals surface area contributed by atoms with Crippen LogP contribution in [0.3, 0.4) is 0 Å². The van der Waals surface area contributed by atoms with E-state index in [-0.39, 0.29) is 48.8 Å². The van der Waals surface area contributed by atoms with Crippen LogP contribution in [0.25, 0.3) is 0 Å². The van der Waals surface area contributed by atoms with Gasteiger partial charge in [0.05, 0.1) is 15.8 Å². The highest BCUT2D eigenvalue weighted by Crippen LogP contribution is 2.36. The van der Waals surface area contributed by atoms with Gasteiger partial charge in [0.15, 0.2) is 0 Å².